The lowest BCUT2D eigenvalue weighted by Gasteiger charge is -2.27. The molecule has 1 aromatic rings. The summed E-state index contributed by atoms with van der Waals surface area (Å²) in [6.45, 7) is 4.00. The Hall–Kier alpha value is -1.62. The van der Waals surface area contributed by atoms with Crippen LogP contribution in [0.4, 0.5) is 11.4 Å². The van der Waals surface area contributed by atoms with Crippen molar-refractivity contribution in [2.45, 2.75) is 38.3 Å². The summed E-state index contributed by atoms with van der Waals surface area (Å²) >= 11 is 0. The Balaban J connectivity index is 1.83. The minimum absolute atomic E-state index is 0.177. The molecule has 1 aromatic carbocycles. The van der Waals surface area contributed by atoms with Gasteiger partial charge in [0.2, 0.25) is 0 Å². The highest BCUT2D eigenvalue weighted by atomic mass is 16.6. The Morgan fingerprint density at radius 3 is 2.84 bits per heavy atom. The number of non-ortho nitro benzene ring substituents is 1. The van der Waals surface area contributed by atoms with E-state index < -0.39 is 0 Å². The average molecular weight is 261 g/mol. The zero-order chi connectivity index (χ0) is 13.4. The molecule has 102 valence electrons. The van der Waals surface area contributed by atoms with Gasteiger partial charge in [-0.05, 0) is 37.8 Å². The highest BCUT2D eigenvalue weighted by Gasteiger charge is 2.29. The summed E-state index contributed by atoms with van der Waals surface area (Å²) in [6.07, 6.45) is 3.69. The number of rotatable bonds is 2. The van der Waals surface area contributed by atoms with Crippen LogP contribution in [0.25, 0.3) is 0 Å². The molecule has 0 aliphatic carbocycles. The highest BCUT2D eigenvalue weighted by molar-refractivity contribution is 5.57. The van der Waals surface area contributed by atoms with Gasteiger partial charge in [0.25, 0.3) is 5.69 Å². The van der Waals surface area contributed by atoms with Gasteiger partial charge in [-0.1, -0.05) is 0 Å². The maximum Gasteiger partial charge on any atom is 0.269 e. The van der Waals surface area contributed by atoms with Gasteiger partial charge < -0.3 is 10.2 Å². The zero-order valence-electron chi connectivity index (χ0n) is 11.1. The quantitative estimate of drug-likeness (QED) is 0.655. The van der Waals surface area contributed by atoms with Gasteiger partial charge in [-0.3, -0.25) is 10.1 Å². The number of anilines is 1. The van der Waals surface area contributed by atoms with Gasteiger partial charge in [0.1, 0.15) is 0 Å². The van der Waals surface area contributed by atoms with E-state index in [1.54, 1.807) is 12.1 Å². The number of nitrogens with one attached hydrogen (secondary N) is 1. The molecule has 2 atom stereocenters. The van der Waals surface area contributed by atoms with Crippen molar-refractivity contribution in [1.29, 1.82) is 0 Å². The number of nitro groups is 1. The summed E-state index contributed by atoms with van der Waals surface area (Å²) < 4.78 is 0. The lowest BCUT2D eigenvalue weighted by Crippen LogP contribution is -2.35. The van der Waals surface area contributed by atoms with Gasteiger partial charge in [0, 0.05) is 43.0 Å². The Bertz CT molecular complexity index is 503. The molecule has 2 bridgehead atoms. The van der Waals surface area contributed by atoms with Crippen LogP contribution in [0, 0.1) is 17.0 Å². The summed E-state index contributed by atoms with van der Waals surface area (Å²) in [5.41, 5.74) is 2.31. The molecule has 2 heterocycles. The molecule has 2 fully saturated rings. The smallest absolute Gasteiger partial charge is 0.269 e. The molecule has 5 nitrogen and oxygen atoms in total. The second-order valence-corrected chi connectivity index (χ2v) is 5.60. The summed E-state index contributed by atoms with van der Waals surface area (Å²) in [6, 6.07) is 6.41. The molecule has 2 aliphatic rings. The first-order chi connectivity index (χ1) is 9.13. The number of nitrogens with zero attached hydrogens (tertiary/aromatic N) is 2. The minimum Gasteiger partial charge on any atom is -0.370 e. The number of hydrogen-bond acceptors (Lipinski definition) is 4. The average Bonchev–Trinajstić information content (AvgIpc) is 2.70. The maximum atomic E-state index is 10.8. The first-order valence-corrected chi connectivity index (χ1v) is 6.89. The number of hydrogen-bond donors (Lipinski definition) is 1. The van der Waals surface area contributed by atoms with Gasteiger partial charge in [-0.2, -0.15) is 0 Å². The summed E-state index contributed by atoms with van der Waals surface area (Å²) in [5.74, 6) is 0. The van der Waals surface area contributed by atoms with Crippen LogP contribution >= 0.6 is 0 Å². The van der Waals surface area contributed by atoms with Crippen molar-refractivity contribution in [3.05, 3.63) is 33.9 Å². The molecule has 0 amide bonds. The van der Waals surface area contributed by atoms with Gasteiger partial charge in [0.15, 0.2) is 0 Å². The zero-order valence-corrected chi connectivity index (χ0v) is 11.1. The van der Waals surface area contributed by atoms with E-state index in [-0.39, 0.29) is 10.6 Å². The van der Waals surface area contributed by atoms with Crippen LogP contribution in [0.2, 0.25) is 0 Å². The number of benzene rings is 1. The normalized spacial score (nSPS) is 26.3. The summed E-state index contributed by atoms with van der Waals surface area (Å²) in [4.78, 5) is 12.8. The van der Waals surface area contributed by atoms with Crippen LogP contribution < -0.4 is 10.2 Å². The van der Waals surface area contributed by atoms with Crippen molar-refractivity contribution < 1.29 is 4.92 Å². The molecule has 0 spiro atoms. The van der Waals surface area contributed by atoms with Crippen LogP contribution in [0.1, 0.15) is 24.8 Å². The van der Waals surface area contributed by atoms with Crippen LogP contribution in [0.15, 0.2) is 18.2 Å². The van der Waals surface area contributed by atoms with Crippen LogP contribution in [-0.2, 0) is 0 Å². The monoisotopic (exact) mass is 261 g/mol. The molecule has 0 radical (unpaired) electrons. The number of aryl methyl sites for hydroxylation is 1. The van der Waals surface area contributed by atoms with Gasteiger partial charge in [-0.15, -0.1) is 0 Å². The van der Waals surface area contributed by atoms with E-state index in [1.807, 2.05) is 13.0 Å². The number of fused-ring (bicyclic) bond motifs is 2. The third-order valence-electron chi connectivity index (χ3n) is 4.26. The van der Waals surface area contributed by atoms with E-state index in [9.17, 15) is 10.1 Å². The minimum atomic E-state index is -0.331. The van der Waals surface area contributed by atoms with E-state index in [2.05, 4.69) is 10.2 Å². The van der Waals surface area contributed by atoms with Crippen molar-refractivity contribution >= 4 is 11.4 Å². The Morgan fingerprint density at radius 2 is 2.11 bits per heavy atom. The van der Waals surface area contributed by atoms with E-state index in [4.69, 9.17) is 0 Å². The largest absolute Gasteiger partial charge is 0.370 e. The topological polar surface area (TPSA) is 58.4 Å². The van der Waals surface area contributed by atoms with Crippen molar-refractivity contribution in [3.8, 4) is 0 Å². The van der Waals surface area contributed by atoms with Crippen molar-refractivity contribution in [2.24, 2.45) is 0 Å². The molecular formula is C14H19N3O2. The van der Waals surface area contributed by atoms with Crippen LogP contribution in [-0.4, -0.2) is 30.1 Å². The molecule has 5 heteroatoms. The van der Waals surface area contributed by atoms with Gasteiger partial charge >= 0.3 is 0 Å². The molecule has 19 heavy (non-hydrogen) atoms. The fourth-order valence-corrected chi connectivity index (χ4v) is 3.27. The second-order valence-electron chi connectivity index (χ2n) is 5.60. The molecule has 1 N–H and O–H groups in total. The fourth-order valence-electron chi connectivity index (χ4n) is 3.27. The molecule has 2 aliphatic heterocycles. The summed E-state index contributed by atoms with van der Waals surface area (Å²) in [5, 5.41) is 14.4. The predicted molar refractivity (Wildman–Crippen MR) is 74.6 cm³/mol. The third-order valence-corrected chi connectivity index (χ3v) is 4.26. The number of nitro benzene ring substituents is 1. The second kappa shape index (κ2) is 4.81. The van der Waals surface area contributed by atoms with E-state index >= 15 is 0 Å². The molecule has 3 rings (SSSR count). The SMILES string of the molecule is Cc1cc([N+](=O)[O-])ccc1N1CCC2CCC(C1)N2. The summed E-state index contributed by atoms with van der Waals surface area (Å²) in [7, 11) is 0. The Kier molecular flexibility index (Phi) is 3.14. The van der Waals surface area contributed by atoms with E-state index in [1.165, 1.54) is 12.8 Å². The first-order valence-electron chi connectivity index (χ1n) is 6.89. The fraction of sp³-hybridized carbons (Fsp3) is 0.571. The molecule has 2 saturated heterocycles. The van der Waals surface area contributed by atoms with Crippen LogP contribution in [0.5, 0.6) is 0 Å². The predicted octanol–water partition coefficient (Wildman–Crippen LogP) is 2.23. The standard InChI is InChI=1S/C14H19N3O2/c1-10-8-13(17(18)19)4-5-14(10)16-7-6-11-2-3-12(9-16)15-11/h4-5,8,11-12,15H,2-3,6-7,9H2,1H3. The Labute approximate surface area is 112 Å². The highest BCUT2D eigenvalue weighted by Crippen LogP contribution is 2.29. The van der Waals surface area contributed by atoms with E-state index in [0.29, 0.717) is 12.1 Å². The van der Waals surface area contributed by atoms with Crippen molar-refractivity contribution in [1.82, 2.24) is 5.32 Å². The molecule has 2 unspecified atom stereocenters. The Morgan fingerprint density at radius 1 is 1.32 bits per heavy atom. The lowest BCUT2D eigenvalue weighted by atomic mass is 10.1. The maximum absolute atomic E-state index is 10.8. The molecular weight excluding hydrogens is 242 g/mol. The van der Waals surface area contributed by atoms with Crippen molar-refractivity contribution in [3.63, 3.8) is 0 Å². The van der Waals surface area contributed by atoms with Crippen molar-refractivity contribution in [2.75, 3.05) is 18.0 Å². The lowest BCUT2D eigenvalue weighted by molar-refractivity contribution is -0.384. The van der Waals surface area contributed by atoms with E-state index in [0.717, 1.165) is 30.8 Å². The third kappa shape index (κ3) is 2.42. The first kappa shape index (κ1) is 12.4. The van der Waals surface area contributed by atoms with Crippen LogP contribution in [0.3, 0.4) is 0 Å². The van der Waals surface area contributed by atoms with Gasteiger partial charge in [0.05, 0.1) is 4.92 Å². The molecule has 0 aromatic heterocycles. The molecule has 0 saturated carbocycles. The van der Waals surface area contributed by atoms with Gasteiger partial charge in [-0.25, -0.2) is 0 Å².